The third-order valence-electron chi connectivity index (χ3n) is 4.80. The van der Waals surface area contributed by atoms with Crippen LogP contribution in [-0.2, 0) is 6.54 Å². The number of hydrogen-bond acceptors (Lipinski definition) is 3. The summed E-state index contributed by atoms with van der Waals surface area (Å²) in [7, 11) is 0. The average Bonchev–Trinajstić information content (AvgIpc) is 2.61. The highest BCUT2D eigenvalue weighted by Crippen LogP contribution is 2.25. The van der Waals surface area contributed by atoms with E-state index >= 15 is 0 Å². The van der Waals surface area contributed by atoms with Gasteiger partial charge >= 0.3 is 0 Å². The first-order valence-corrected chi connectivity index (χ1v) is 8.68. The van der Waals surface area contributed by atoms with Gasteiger partial charge in [-0.05, 0) is 48.6 Å². The Kier molecular flexibility index (Phi) is 5.54. The Labute approximate surface area is 139 Å². The highest BCUT2D eigenvalue weighted by molar-refractivity contribution is 5.51. The molecule has 1 aliphatic carbocycles. The second kappa shape index (κ2) is 8.02. The van der Waals surface area contributed by atoms with Crippen molar-refractivity contribution < 1.29 is 0 Å². The lowest BCUT2D eigenvalue weighted by Crippen LogP contribution is -2.41. The fourth-order valence-electron chi connectivity index (χ4n) is 3.42. The van der Waals surface area contributed by atoms with Crippen LogP contribution in [0.5, 0.6) is 0 Å². The molecule has 0 aliphatic heterocycles. The molecular weight excluding hydrogens is 282 g/mol. The number of rotatable bonds is 6. The number of anilines is 2. The second-order valence-electron chi connectivity index (χ2n) is 6.52. The lowest BCUT2D eigenvalue weighted by molar-refractivity contribution is 0.272. The molecule has 0 aromatic heterocycles. The van der Waals surface area contributed by atoms with Crippen molar-refractivity contribution in [1.82, 2.24) is 5.32 Å². The van der Waals surface area contributed by atoms with Crippen LogP contribution in [-0.4, -0.2) is 12.6 Å². The highest BCUT2D eigenvalue weighted by Gasteiger charge is 2.24. The number of nitrogen functional groups attached to an aromatic ring is 1. The number of benzene rings is 2. The maximum Gasteiger partial charge on any atom is 0.0341 e. The topological polar surface area (TPSA) is 50.1 Å². The quantitative estimate of drug-likeness (QED) is 0.706. The molecule has 23 heavy (non-hydrogen) atoms. The molecule has 122 valence electrons. The zero-order valence-electron chi connectivity index (χ0n) is 13.7. The van der Waals surface area contributed by atoms with Crippen molar-refractivity contribution >= 4 is 11.4 Å². The van der Waals surface area contributed by atoms with Crippen LogP contribution in [0.25, 0.3) is 0 Å². The molecule has 0 amide bonds. The summed E-state index contributed by atoms with van der Waals surface area (Å²) in [4.78, 5) is 0. The van der Waals surface area contributed by atoms with Gasteiger partial charge in [0, 0.05) is 30.5 Å². The fourth-order valence-corrected chi connectivity index (χ4v) is 3.42. The number of hydrogen-bond donors (Lipinski definition) is 3. The number of nitrogens with two attached hydrogens (primary N) is 1. The van der Waals surface area contributed by atoms with Crippen molar-refractivity contribution in [3.05, 3.63) is 60.2 Å². The zero-order chi connectivity index (χ0) is 15.9. The molecule has 3 rings (SSSR count). The maximum absolute atomic E-state index is 5.74. The van der Waals surface area contributed by atoms with Crippen LogP contribution < -0.4 is 16.4 Å². The Morgan fingerprint density at radius 3 is 2.43 bits per heavy atom. The van der Waals surface area contributed by atoms with E-state index in [2.05, 4.69) is 53.1 Å². The van der Waals surface area contributed by atoms with Crippen LogP contribution in [0.3, 0.4) is 0 Å². The molecule has 2 aromatic rings. The molecule has 0 spiro atoms. The van der Waals surface area contributed by atoms with E-state index in [4.69, 9.17) is 5.73 Å². The van der Waals surface area contributed by atoms with Gasteiger partial charge in [0.2, 0.25) is 0 Å². The van der Waals surface area contributed by atoms with Gasteiger partial charge in [0.05, 0.1) is 0 Å². The van der Waals surface area contributed by atoms with Gasteiger partial charge in [-0.15, -0.1) is 0 Å². The van der Waals surface area contributed by atoms with Crippen LogP contribution in [0.15, 0.2) is 54.6 Å². The molecule has 1 aliphatic rings. The smallest absolute Gasteiger partial charge is 0.0341 e. The number of nitrogens with one attached hydrogen (secondary N) is 2. The molecule has 1 saturated carbocycles. The molecule has 2 unspecified atom stereocenters. The van der Waals surface area contributed by atoms with Crippen molar-refractivity contribution in [2.45, 2.75) is 38.3 Å². The Morgan fingerprint density at radius 1 is 0.913 bits per heavy atom. The molecule has 0 radical (unpaired) electrons. The molecule has 0 bridgehead atoms. The predicted octanol–water partition coefficient (Wildman–Crippen LogP) is 4.03. The van der Waals surface area contributed by atoms with Crippen LogP contribution in [0.1, 0.15) is 31.2 Å². The summed E-state index contributed by atoms with van der Waals surface area (Å²) < 4.78 is 0. The first-order valence-electron chi connectivity index (χ1n) is 8.68. The average molecular weight is 309 g/mol. The van der Waals surface area contributed by atoms with Crippen LogP contribution in [0.2, 0.25) is 0 Å². The maximum atomic E-state index is 5.74. The van der Waals surface area contributed by atoms with Gasteiger partial charge in [-0.2, -0.15) is 0 Å². The molecule has 3 nitrogen and oxygen atoms in total. The summed E-state index contributed by atoms with van der Waals surface area (Å²) in [6.07, 6.45) is 5.26. The Balaban J connectivity index is 1.52. The predicted molar refractivity (Wildman–Crippen MR) is 98.4 cm³/mol. The van der Waals surface area contributed by atoms with Crippen molar-refractivity contribution in [3.8, 4) is 0 Å². The minimum atomic E-state index is 0.602. The monoisotopic (exact) mass is 309 g/mol. The van der Waals surface area contributed by atoms with E-state index in [0.29, 0.717) is 12.0 Å². The Hall–Kier alpha value is -2.00. The van der Waals surface area contributed by atoms with E-state index in [1.807, 2.05) is 12.1 Å². The summed E-state index contributed by atoms with van der Waals surface area (Å²) in [5.74, 6) is 0.685. The van der Waals surface area contributed by atoms with E-state index in [1.165, 1.54) is 31.2 Å². The van der Waals surface area contributed by atoms with Gasteiger partial charge in [-0.1, -0.05) is 43.2 Å². The van der Waals surface area contributed by atoms with Crippen LogP contribution in [0, 0.1) is 5.92 Å². The van der Waals surface area contributed by atoms with E-state index < -0.39 is 0 Å². The Bertz CT molecular complexity index is 580. The van der Waals surface area contributed by atoms with E-state index in [-0.39, 0.29) is 0 Å². The van der Waals surface area contributed by atoms with Crippen LogP contribution >= 0.6 is 0 Å². The standard InChI is InChI=1S/C20H27N3/c21-18-10-12-19(13-11-18)22-15-17-8-4-5-9-20(17)23-14-16-6-2-1-3-7-16/h1-3,6-7,10-13,17,20,22-23H,4-5,8-9,14-15,21H2. The van der Waals surface area contributed by atoms with E-state index in [1.54, 1.807) is 0 Å². The van der Waals surface area contributed by atoms with Gasteiger partial charge in [0.15, 0.2) is 0 Å². The summed E-state index contributed by atoms with van der Waals surface area (Å²) in [6, 6.07) is 19.3. The largest absolute Gasteiger partial charge is 0.399 e. The van der Waals surface area contributed by atoms with Gasteiger partial charge in [-0.3, -0.25) is 0 Å². The SMILES string of the molecule is Nc1ccc(NCC2CCCCC2NCc2ccccc2)cc1. The molecular formula is C20H27N3. The molecule has 0 saturated heterocycles. The van der Waals surface area contributed by atoms with Crippen molar-refractivity contribution in [3.63, 3.8) is 0 Å². The minimum Gasteiger partial charge on any atom is -0.399 e. The molecule has 4 N–H and O–H groups in total. The first-order chi connectivity index (χ1) is 11.3. The first kappa shape index (κ1) is 15.9. The van der Waals surface area contributed by atoms with Gasteiger partial charge in [-0.25, -0.2) is 0 Å². The fraction of sp³-hybridized carbons (Fsp3) is 0.400. The molecule has 3 heteroatoms. The third kappa shape index (κ3) is 4.73. The lowest BCUT2D eigenvalue weighted by atomic mass is 9.84. The van der Waals surface area contributed by atoms with E-state index in [9.17, 15) is 0 Å². The van der Waals surface area contributed by atoms with Crippen molar-refractivity contribution in [1.29, 1.82) is 0 Å². The molecule has 2 aromatic carbocycles. The normalized spacial score (nSPS) is 21.0. The molecule has 2 atom stereocenters. The molecule has 1 fully saturated rings. The zero-order valence-corrected chi connectivity index (χ0v) is 13.7. The van der Waals surface area contributed by atoms with Crippen molar-refractivity contribution in [2.75, 3.05) is 17.6 Å². The van der Waals surface area contributed by atoms with Gasteiger partial charge in [0.1, 0.15) is 0 Å². The third-order valence-corrected chi connectivity index (χ3v) is 4.80. The van der Waals surface area contributed by atoms with Gasteiger partial charge in [0.25, 0.3) is 0 Å². The van der Waals surface area contributed by atoms with E-state index in [0.717, 1.165) is 24.5 Å². The summed E-state index contributed by atoms with van der Waals surface area (Å²) in [6.45, 7) is 1.99. The lowest BCUT2D eigenvalue weighted by Gasteiger charge is -2.33. The Morgan fingerprint density at radius 2 is 1.65 bits per heavy atom. The van der Waals surface area contributed by atoms with Crippen LogP contribution in [0.4, 0.5) is 11.4 Å². The molecule has 0 heterocycles. The second-order valence-corrected chi connectivity index (χ2v) is 6.52. The summed E-state index contributed by atoms with van der Waals surface area (Å²) in [5, 5.41) is 7.35. The highest BCUT2D eigenvalue weighted by atomic mass is 14.9. The van der Waals surface area contributed by atoms with Gasteiger partial charge < -0.3 is 16.4 Å². The van der Waals surface area contributed by atoms with Crippen molar-refractivity contribution in [2.24, 2.45) is 5.92 Å². The summed E-state index contributed by atoms with van der Waals surface area (Å²) in [5.41, 5.74) is 9.08. The minimum absolute atomic E-state index is 0.602. The summed E-state index contributed by atoms with van der Waals surface area (Å²) >= 11 is 0.